The highest BCUT2D eigenvalue weighted by atomic mass is 28.4. The lowest BCUT2D eigenvalue weighted by atomic mass is 10.2. The summed E-state index contributed by atoms with van der Waals surface area (Å²) in [6, 6.07) is 0. The molecule has 0 unspecified atom stereocenters. The molecule has 132 valence electrons. The maximum absolute atomic E-state index is 6.63. The SMILES string of the molecule is C=CCC(CC=C)O[Si](C#CCOC)(C#CCOC)C1CCCC1. The van der Waals surface area contributed by atoms with Crippen molar-refractivity contribution in [3.8, 4) is 22.9 Å². The van der Waals surface area contributed by atoms with Gasteiger partial charge >= 0.3 is 8.32 Å². The van der Waals surface area contributed by atoms with Gasteiger partial charge in [-0.25, -0.2) is 0 Å². The van der Waals surface area contributed by atoms with Gasteiger partial charge in [0.2, 0.25) is 0 Å². The van der Waals surface area contributed by atoms with Gasteiger partial charge in [0.25, 0.3) is 0 Å². The maximum Gasteiger partial charge on any atom is 0.357 e. The van der Waals surface area contributed by atoms with Crippen molar-refractivity contribution in [3.63, 3.8) is 0 Å². The first-order valence-corrected chi connectivity index (χ1v) is 10.6. The Labute approximate surface area is 148 Å². The van der Waals surface area contributed by atoms with Gasteiger partial charge in [-0.3, -0.25) is 0 Å². The molecule has 0 aromatic heterocycles. The maximum atomic E-state index is 6.63. The van der Waals surface area contributed by atoms with Gasteiger partial charge < -0.3 is 13.9 Å². The third-order valence-electron chi connectivity index (χ3n) is 4.12. The lowest BCUT2D eigenvalue weighted by Gasteiger charge is -2.31. The van der Waals surface area contributed by atoms with Crippen molar-refractivity contribution in [3.05, 3.63) is 25.3 Å². The van der Waals surface area contributed by atoms with E-state index >= 15 is 0 Å². The molecule has 0 heterocycles. The van der Waals surface area contributed by atoms with E-state index in [1.54, 1.807) is 14.2 Å². The molecular weight excluding hydrogens is 316 g/mol. The van der Waals surface area contributed by atoms with E-state index in [0.29, 0.717) is 18.8 Å². The molecule has 1 fully saturated rings. The molecule has 0 N–H and O–H groups in total. The Balaban J connectivity index is 3.16. The number of ether oxygens (including phenoxy) is 2. The Morgan fingerprint density at radius 3 is 1.92 bits per heavy atom. The molecule has 1 aliphatic rings. The van der Waals surface area contributed by atoms with Crippen molar-refractivity contribution >= 4 is 8.32 Å². The summed E-state index contributed by atoms with van der Waals surface area (Å²) in [5.74, 6) is 6.28. The van der Waals surface area contributed by atoms with Crippen LogP contribution in [-0.2, 0) is 13.9 Å². The van der Waals surface area contributed by atoms with E-state index in [9.17, 15) is 0 Å². The lowest BCUT2D eigenvalue weighted by Crippen LogP contribution is -2.44. The zero-order chi connectivity index (χ0) is 17.7. The average molecular weight is 347 g/mol. The minimum absolute atomic E-state index is 0.0426. The monoisotopic (exact) mass is 346 g/mol. The molecule has 0 atom stereocenters. The van der Waals surface area contributed by atoms with Crippen molar-refractivity contribution in [1.82, 2.24) is 0 Å². The number of hydrogen-bond donors (Lipinski definition) is 0. The van der Waals surface area contributed by atoms with Crippen LogP contribution in [0.2, 0.25) is 5.54 Å². The summed E-state index contributed by atoms with van der Waals surface area (Å²) < 4.78 is 16.9. The predicted octanol–water partition coefficient (Wildman–Crippen LogP) is 3.79. The summed E-state index contributed by atoms with van der Waals surface area (Å²) in [6.07, 6.45) is 10.1. The van der Waals surface area contributed by atoms with Gasteiger partial charge in [0.1, 0.15) is 13.2 Å². The second-order valence-corrected chi connectivity index (χ2v) is 9.00. The van der Waals surface area contributed by atoms with Crippen LogP contribution in [0.3, 0.4) is 0 Å². The highest BCUT2D eigenvalue weighted by Gasteiger charge is 2.44. The fourth-order valence-corrected chi connectivity index (χ4v) is 6.42. The minimum atomic E-state index is -2.55. The van der Waals surface area contributed by atoms with Crippen molar-refractivity contribution in [2.24, 2.45) is 0 Å². The summed E-state index contributed by atoms with van der Waals surface area (Å²) in [5.41, 5.74) is 7.30. The van der Waals surface area contributed by atoms with Crippen LogP contribution < -0.4 is 0 Å². The first kappa shape index (κ1) is 20.7. The van der Waals surface area contributed by atoms with E-state index in [2.05, 4.69) is 36.1 Å². The van der Waals surface area contributed by atoms with E-state index in [1.165, 1.54) is 12.8 Å². The fourth-order valence-electron chi connectivity index (χ4n) is 3.03. The lowest BCUT2D eigenvalue weighted by molar-refractivity contribution is 0.199. The second kappa shape index (κ2) is 12.1. The average Bonchev–Trinajstić information content (AvgIpc) is 3.10. The second-order valence-electron chi connectivity index (χ2n) is 5.98. The Morgan fingerprint density at radius 1 is 1.00 bits per heavy atom. The normalized spacial score (nSPS) is 14.6. The molecule has 4 heteroatoms. The van der Waals surface area contributed by atoms with Crippen LogP contribution in [0.15, 0.2) is 25.3 Å². The van der Waals surface area contributed by atoms with Gasteiger partial charge in [-0.2, -0.15) is 0 Å². The highest BCUT2D eigenvalue weighted by molar-refractivity contribution is 6.90. The van der Waals surface area contributed by atoms with Crippen molar-refractivity contribution in [2.45, 2.75) is 50.2 Å². The van der Waals surface area contributed by atoms with Gasteiger partial charge in [0.05, 0.1) is 6.10 Å². The highest BCUT2D eigenvalue weighted by Crippen LogP contribution is 2.39. The Kier molecular flexibility index (Phi) is 10.5. The first-order chi connectivity index (χ1) is 11.7. The Morgan fingerprint density at radius 2 is 1.50 bits per heavy atom. The summed E-state index contributed by atoms with van der Waals surface area (Å²) in [6.45, 7) is 8.51. The summed E-state index contributed by atoms with van der Waals surface area (Å²) in [4.78, 5) is 0. The third-order valence-corrected chi connectivity index (χ3v) is 7.65. The Bertz CT molecular complexity index is 466. The molecule has 0 bridgehead atoms. The van der Waals surface area contributed by atoms with Crippen LogP contribution in [0.25, 0.3) is 0 Å². The Hall–Kier alpha value is -1.30. The van der Waals surface area contributed by atoms with E-state index in [0.717, 1.165) is 25.7 Å². The molecule has 1 saturated carbocycles. The van der Waals surface area contributed by atoms with Crippen molar-refractivity contribution in [2.75, 3.05) is 27.4 Å². The summed E-state index contributed by atoms with van der Waals surface area (Å²) in [7, 11) is 0.760. The van der Waals surface area contributed by atoms with Crippen molar-refractivity contribution < 1.29 is 13.9 Å². The van der Waals surface area contributed by atoms with Gasteiger partial charge in [-0.05, 0) is 25.7 Å². The fraction of sp³-hybridized carbons (Fsp3) is 0.600. The molecule has 0 amide bonds. The first-order valence-electron chi connectivity index (χ1n) is 8.60. The van der Waals surface area contributed by atoms with Crippen LogP contribution in [0, 0.1) is 22.9 Å². The van der Waals surface area contributed by atoms with Crippen molar-refractivity contribution in [1.29, 1.82) is 0 Å². The van der Waals surface area contributed by atoms with Gasteiger partial charge in [-0.15, -0.1) is 13.2 Å². The molecule has 3 nitrogen and oxygen atoms in total. The molecule has 0 spiro atoms. The molecule has 0 aromatic rings. The molecule has 1 aliphatic carbocycles. The predicted molar refractivity (Wildman–Crippen MR) is 102 cm³/mol. The largest absolute Gasteiger partial charge is 0.393 e. The number of hydrogen-bond acceptors (Lipinski definition) is 3. The minimum Gasteiger partial charge on any atom is -0.393 e. The number of rotatable bonds is 9. The third kappa shape index (κ3) is 6.67. The molecule has 0 saturated heterocycles. The molecule has 0 aliphatic heterocycles. The molecule has 1 rings (SSSR count). The van der Waals surface area contributed by atoms with E-state index < -0.39 is 8.32 Å². The smallest absolute Gasteiger partial charge is 0.357 e. The van der Waals surface area contributed by atoms with Gasteiger partial charge in [0.15, 0.2) is 0 Å². The van der Waals surface area contributed by atoms with Crippen LogP contribution in [0.4, 0.5) is 0 Å². The van der Waals surface area contributed by atoms with Crippen LogP contribution in [0.5, 0.6) is 0 Å². The molecular formula is C20H30O3Si. The standard InChI is InChI=1S/C20H30O3Si/c1-5-11-19(12-6-2)23-24(17-9-15-21-3,18-10-16-22-4)20-13-7-8-14-20/h5-6,19-20H,1-2,7-8,11-16H2,3-4H3. The summed E-state index contributed by atoms with van der Waals surface area (Å²) >= 11 is 0. The quantitative estimate of drug-likeness (QED) is 0.361. The van der Waals surface area contributed by atoms with E-state index in [4.69, 9.17) is 13.9 Å². The van der Waals surface area contributed by atoms with Crippen LogP contribution in [-0.4, -0.2) is 41.9 Å². The molecule has 0 radical (unpaired) electrons. The molecule has 24 heavy (non-hydrogen) atoms. The molecule has 0 aromatic carbocycles. The van der Waals surface area contributed by atoms with Crippen LogP contribution >= 0.6 is 0 Å². The zero-order valence-corrected chi connectivity index (χ0v) is 16.1. The van der Waals surface area contributed by atoms with Crippen LogP contribution in [0.1, 0.15) is 38.5 Å². The summed E-state index contributed by atoms with van der Waals surface area (Å²) in [5, 5.41) is 0. The number of methoxy groups -OCH3 is 2. The van der Waals surface area contributed by atoms with E-state index in [-0.39, 0.29) is 6.10 Å². The topological polar surface area (TPSA) is 27.7 Å². The zero-order valence-electron chi connectivity index (χ0n) is 15.1. The van der Waals surface area contributed by atoms with E-state index in [1.807, 2.05) is 12.2 Å². The van der Waals surface area contributed by atoms with Gasteiger partial charge in [0, 0.05) is 19.8 Å². The van der Waals surface area contributed by atoms with Gasteiger partial charge in [-0.1, -0.05) is 47.9 Å².